The summed E-state index contributed by atoms with van der Waals surface area (Å²) in [4.78, 5) is 1.09. The third-order valence-electron chi connectivity index (χ3n) is 2.53. The van der Waals surface area contributed by atoms with Gasteiger partial charge in [-0.05, 0) is 19.1 Å². The van der Waals surface area contributed by atoms with Crippen molar-refractivity contribution in [3.63, 3.8) is 0 Å². The van der Waals surface area contributed by atoms with E-state index in [9.17, 15) is 0 Å². The molecule has 0 spiro atoms. The Kier molecular flexibility index (Phi) is 4.44. The molecule has 3 nitrogen and oxygen atoms in total. The number of aromatic nitrogens is 1. The summed E-state index contributed by atoms with van der Waals surface area (Å²) in [5, 5.41) is 3.97. The van der Waals surface area contributed by atoms with Crippen LogP contribution in [0.4, 0.5) is 0 Å². The lowest BCUT2D eigenvalue weighted by Crippen LogP contribution is -1.86. The van der Waals surface area contributed by atoms with Crippen LogP contribution in [0.1, 0.15) is 36.8 Å². The monoisotopic (exact) mass is 263 g/mol. The Hall–Kier alpha value is -1.26. The predicted molar refractivity (Wildman–Crippen MR) is 72.4 cm³/mol. The molecule has 0 N–H and O–H groups in total. The van der Waals surface area contributed by atoms with Crippen LogP contribution in [0.2, 0.25) is 0 Å². The second-order valence-corrected chi connectivity index (χ2v) is 5.41. The zero-order chi connectivity index (χ0) is 13.0. The van der Waals surface area contributed by atoms with E-state index in [1.165, 1.54) is 17.6 Å². The molecular formula is C14H17NO2S. The van der Waals surface area contributed by atoms with Crippen molar-refractivity contribution >= 4 is 12.0 Å². The Bertz CT molecular complexity index is 491. The van der Waals surface area contributed by atoms with E-state index in [0.29, 0.717) is 12.5 Å². The molecule has 0 saturated carbocycles. The summed E-state index contributed by atoms with van der Waals surface area (Å²) in [6.07, 6.45) is 0. The van der Waals surface area contributed by atoms with E-state index in [2.05, 4.69) is 38.1 Å². The highest BCUT2D eigenvalue weighted by Gasteiger charge is 2.07. The van der Waals surface area contributed by atoms with Gasteiger partial charge in [0.05, 0.1) is 0 Å². The Morgan fingerprint density at radius 3 is 2.61 bits per heavy atom. The Labute approximate surface area is 112 Å². The van der Waals surface area contributed by atoms with Gasteiger partial charge in [0.1, 0.15) is 18.1 Å². The van der Waals surface area contributed by atoms with E-state index in [4.69, 9.17) is 8.71 Å². The first-order valence-corrected chi connectivity index (χ1v) is 6.71. The predicted octanol–water partition coefficient (Wildman–Crippen LogP) is 4.33. The van der Waals surface area contributed by atoms with Crippen LogP contribution in [0.3, 0.4) is 0 Å². The molecule has 0 unspecified atom stereocenters. The minimum Gasteiger partial charge on any atom is -0.361 e. The van der Waals surface area contributed by atoms with E-state index in [-0.39, 0.29) is 0 Å². The van der Waals surface area contributed by atoms with Crippen molar-refractivity contribution in [3.8, 4) is 0 Å². The topological polar surface area (TPSA) is 35.3 Å². The fourth-order valence-corrected chi connectivity index (χ4v) is 1.98. The van der Waals surface area contributed by atoms with Crippen LogP contribution in [-0.4, -0.2) is 5.16 Å². The lowest BCUT2D eigenvalue weighted by atomic mass is 10.1. The molecule has 2 rings (SSSR count). The first-order valence-electron chi connectivity index (χ1n) is 5.97. The number of benzene rings is 1. The fourth-order valence-electron chi connectivity index (χ4n) is 1.42. The van der Waals surface area contributed by atoms with Gasteiger partial charge in [-0.2, -0.15) is 0 Å². The van der Waals surface area contributed by atoms with Gasteiger partial charge in [0.25, 0.3) is 0 Å². The quantitative estimate of drug-likeness (QED) is 0.752. The van der Waals surface area contributed by atoms with Crippen molar-refractivity contribution in [1.29, 1.82) is 0 Å². The highest BCUT2D eigenvalue weighted by Crippen LogP contribution is 2.22. The number of rotatable bonds is 5. The summed E-state index contributed by atoms with van der Waals surface area (Å²) < 4.78 is 10.7. The van der Waals surface area contributed by atoms with Crippen LogP contribution < -0.4 is 0 Å². The Morgan fingerprint density at radius 2 is 2.00 bits per heavy atom. The molecule has 0 fully saturated rings. The summed E-state index contributed by atoms with van der Waals surface area (Å²) in [6.45, 7) is 6.67. The van der Waals surface area contributed by atoms with Gasteiger partial charge in [0, 0.05) is 28.9 Å². The largest absolute Gasteiger partial charge is 0.361 e. The fraction of sp³-hybridized carbons (Fsp3) is 0.357. The van der Waals surface area contributed by atoms with Crippen molar-refractivity contribution in [2.45, 2.75) is 38.2 Å². The minimum absolute atomic E-state index is 0.357. The first-order chi connectivity index (χ1) is 8.65. The van der Waals surface area contributed by atoms with Crippen LogP contribution in [0, 0.1) is 6.92 Å². The molecule has 2 aromatic rings. The zero-order valence-corrected chi connectivity index (χ0v) is 11.7. The molecular weight excluding hydrogens is 246 g/mol. The zero-order valence-electron chi connectivity index (χ0n) is 10.8. The molecule has 1 aromatic carbocycles. The van der Waals surface area contributed by atoms with Crippen LogP contribution in [0.25, 0.3) is 0 Å². The molecule has 96 valence electrons. The van der Waals surface area contributed by atoms with Crippen LogP contribution in [-0.2, 0) is 10.8 Å². The third kappa shape index (κ3) is 3.62. The maximum absolute atomic E-state index is 5.53. The second kappa shape index (κ2) is 6.07. The van der Waals surface area contributed by atoms with Gasteiger partial charge in [-0.1, -0.05) is 36.7 Å². The average molecular weight is 263 g/mol. The minimum atomic E-state index is 0.357. The highest BCUT2D eigenvalue weighted by molar-refractivity contribution is 7.94. The molecule has 0 atom stereocenters. The summed E-state index contributed by atoms with van der Waals surface area (Å²) >= 11 is 1.36. The standard InChI is InChI=1S/C14H17NO2S/c1-10(2)14-8-12(15-17-14)9-16-18-13-6-4-11(3)5-7-13/h4-8,10H,9H2,1-3H3. The lowest BCUT2D eigenvalue weighted by Gasteiger charge is -2.00. The second-order valence-electron chi connectivity index (χ2n) is 4.53. The average Bonchev–Trinajstić information content (AvgIpc) is 2.81. The van der Waals surface area contributed by atoms with Gasteiger partial charge in [-0.25, -0.2) is 0 Å². The van der Waals surface area contributed by atoms with E-state index in [0.717, 1.165) is 16.3 Å². The summed E-state index contributed by atoms with van der Waals surface area (Å²) in [7, 11) is 0. The molecule has 1 aromatic heterocycles. The Morgan fingerprint density at radius 1 is 1.28 bits per heavy atom. The third-order valence-corrected chi connectivity index (χ3v) is 3.23. The maximum Gasteiger partial charge on any atom is 0.139 e. The number of aryl methyl sites for hydroxylation is 1. The molecule has 0 radical (unpaired) electrons. The van der Waals surface area contributed by atoms with Crippen molar-refractivity contribution in [1.82, 2.24) is 5.16 Å². The molecule has 4 heteroatoms. The SMILES string of the molecule is Cc1ccc(SOCc2cc(C(C)C)on2)cc1. The molecule has 0 saturated heterocycles. The first kappa shape index (κ1) is 13.2. The number of hydrogen-bond acceptors (Lipinski definition) is 4. The molecule has 0 bridgehead atoms. The summed E-state index contributed by atoms with van der Waals surface area (Å²) in [5.41, 5.74) is 2.08. The van der Waals surface area contributed by atoms with Gasteiger partial charge in [0.2, 0.25) is 0 Å². The molecule has 0 aliphatic heterocycles. The van der Waals surface area contributed by atoms with Crippen molar-refractivity contribution in [2.75, 3.05) is 0 Å². The van der Waals surface area contributed by atoms with Crippen LogP contribution in [0.5, 0.6) is 0 Å². The van der Waals surface area contributed by atoms with Gasteiger partial charge in [-0.3, -0.25) is 0 Å². The molecule has 0 amide bonds. The van der Waals surface area contributed by atoms with Gasteiger partial charge in [0.15, 0.2) is 0 Å². The number of hydrogen-bond donors (Lipinski definition) is 0. The Balaban J connectivity index is 1.82. The van der Waals surface area contributed by atoms with Crippen molar-refractivity contribution in [3.05, 3.63) is 47.3 Å². The van der Waals surface area contributed by atoms with E-state index in [1.54, 1.807) is 0 Å². The van der Waals surface area contributed by atoms with E-state index < -0.39 is 0 Å². The summed E-state index contributed by atoms with van der Waals surface area (Å²) in [5.74, 6) is 1.25. The number of nitrogens with zero attached hydrogens (tertiary/aromatic N) is 1. The molecule has 0 aliphatic carbocycles. The van der Waals surface area contributed by atoms with Gasteiger partial charge >= 0.3 is 0 Å². The highest BCUT2D eigenvalue weighted by atomic mass is 32.2. The normalized spacial score (nSPS) is 11.1. The smallest absolute Gasteiger partial charge is 0.139 e. The van der Waals surface area contributed by atoms with Gasteiger partial charge < -0.3 is 8.71 Å². The van der Waals surface area contributed by atoms with Crippen LogP contribution >= 0.6 is 12.0 Å². The van der Waals surface area contributed by atoms with E-state index in [1.807, 2.05) is 18.2 Å². The van der Waals surface area contributed by atoms with Crippen molar-refractivity contribution in [2.24, 2.45) is 0 Å². The van der Waals surface area contributed by atoms with Crippen LogP contribution in [0.15, 0.2) is 39.8 Å². The summed E-state index contributed by atoms with van der Waals surface area (Å²) in [6, 6.07) is 10.2. The van der Waals surface area contributed by atoms with Crippen molar-refractivity contribution < 1.29 is 8.71 Å². The lowest BCUT2D eigenvalue weighted by molar-refractivity contribution is 0.323. The molecule has 1 heterocycles. The molecule has 18 heavy (non-hydrogen) atoms. The van der Waals surface area contributed by atoms with E-state index >= 15 is 0 Å². The maximum atomic E-state index is 5.53. The van der Waals surface area contributed by atoms with Gasteiger partial charge in [-0.15, -0.1) is 0 Å². The molecule has 0 aliphatic rings.